The summed E-state index contributed by atoms with van der Waals surface area (Å²) in [5.74, 6) is -0.457. The number of hydrogen-bond donors (Lipinski definition) is 1. The van der Waals surface area contributed by atoms with E-state index in [0.717, 1.165) is 0 Å². The van der Waals surface area contributed by atoms with E-state index in [9.17, 15) is 9.59 Å². The predicted molar refractivity (Wildman–Crippen MR) is 56.5 cm³/mol. The van der Waals surface area contributed by atoms with Gasteiger partial charge in [-0.25, -0.2) is 9.31 Å². The quantitative estimate of drug-likeness (QED) is 0.743. The Balaban J connectivity index is 2.82. The van der Waals surface area contributed by atoms with Crippen LogP contribution < -0.4 is 5.56 Å². The second-order valence-electron chi connectivity index (χ2n) is 3.28. The highest BCUT2D eigenvalue weighted by Gasteiger charge is 2.18. The molecule has 84 valence electrons. The number of H-pyrrole nitrogens is 1. The van der Waals surface area contributed by atoms with Gasteiger partial charge in [-0.2, -0.15) is 5.10 Å². The standard InChI is InChI=1S/C10H11N3O3/c1-3-6-7(10(15)16-2)4-13-8(6)9(14)11-5-12-13/h4-5H,3H2,1-2H3,(H,11,12,14). The molecule has 2 heterocycles. The average molecular weight is 221 g/mol. The van der Waals surface area contributed by atoms with Gasteiger partial charge in [-0.3, -0.25) is 4.79 Å². The maximum absolute atomic E-state index is 11.6. The van der Waals surface area contributed by atoms with E-state index >= 15 is 0 Å². The largest absolute Gasteiger partial charge is 0.465 e. The van der Waals surface area contributed by atoms with Gasteiger partial charge in [0.25, 0.3) is 5.56 Å². The first-order chi connectivity index (χ1) is 7.69. The smallest absolute Gasteiger partial charge is 0.339 e. The topological polar surface area (TPSA) is 76.5 Å². The second kappa shape index (κ2) is 3.80. The molecule has 0 atom stereocenters. The van der Waals surface area contributed by atoms with E-state index < -0.39 is 5.97 Å². The number of nitrogens with one attached hydrogen (secondary N) is 1. The Morgan fingerprint density at radius 1 is 1.62 bits per heavy atom. The normalized spacial score (nSPS) is 10.6. The summed E-state index contributed by atoms with van der Waals surface area (Å²) >= 11 is 0. The zero-order chi connectivity index (χ0) is 11.7. The Kier molecular flexibility index (Phi) is 2.47. The fraction of sp³-hybridized carbons (Fsp3) is 0.300. The van der Waals surface area contributed by atoms with Gasteiger partial charge < -0.3 is 9.72 Å². The molecule has 0 aliphatic heterocycles. The predicted octanol–water partition coefficient (Wildman–Crippen LogP) is 0.372. The molecule has 0 aliphatic rings. The van der Waals surface area contributed by atoms with Crippen LogP contribution in [0.3, 0.4) is 0 Å². The Hall–Kier alpha value is -2.11. The van der Waals surface area contributed by atoms with Crippen molar-refractivity contribution in [2.75, 3.05) is 7.11 Å². The van der Waals surface area contributed by atoms with Gasteiger partial charge in [-0.15, -0.1) is 0 Å². The summed E-state index contributed by atoms with van der Waals surface area (Å²) in [6, 6.07) is 0. The SMILES string of the molecule is CCc1c(C(=O)OC)cn2nc[nH]c(=O)c12. The molecule has 0 saturated heterocycles. The summed E-state index contributed by atoms with van der Waals surface area (Å²) in [6.45, 7) is 1.87. The van der Waals surface area contributed by atoms with Crippen LogP contribution in [0.15, 0.2) is 17.3 Å². The molecule has 0 aliphatic carbocycles. The number of rotatable bonds is 2. The lowest BCUT2D eigenvalue weighted by molar-refractivity contribution is 0.0599. The minimum Gasteiger partial charge on any atom is -0.465 e. The highest BCUT2D eigenvalue weighted by atomic mass is 16.5. The first-order valence-electron chi connectivity index (χ1n) is 4.85. The zero-order valence-corrected chi connectivity index (χ0v) is 8.98. The number of nitrogens with zero attached hydrogens (tertiary/aromatic N) is 2. The van der Waals surface area contributed by atoms with Crippen LogP contribution in [0.2, 0.25) is 0 Å². The molecule has 16 heavy (non-hydrogen) atoms. The van der Waals surface area contributed by atoms with Crippen molar-refractivity contribution in [1.82, 2.24) is 14.6 Å². The van der Waals surface area contributed by atoms with E-state index in [2.05, 4.69) is 14.8 Å². The van der Waals surface area contributed by atoms with Crippen molar-refractivity contribution in [2.45, 2.75) is 13.3 Å². The maximum Gasteiger partial charge on any atom is 0.339 e. The van der Waals surface area contributed by atoms with Crippen molar-refractivity contribution in [3.05, 3.63) is 34.0 Å². The number of carbonyl (C=O) groups excluding carboxylic acids is 1. The molecular weight excluding hydrogens is 210 g/mol. The van der Waals surface area contributed by atoms with Gasteiger partial charge >= 0.3 is 5.97 Å². The van der Waals surface area contributed by atoms with Gasteiger partial charge in [0.05, 0.1) is 12.7 Å². The molecule has 1 N–H and O–H groups in total. The van der Waals surface area contributed by atoms with Gasteiger partial charge in [0.2, 0.25) is 0 Å². The summed E-state index contributed by atoms with van der Waals surface area (Å²) in [6.07, 6.45) is 3.36. The lowest BCUT2D eigenvalue weighted by atomic mass is 10.1. The van der Waals surface area contributed by atoms with Gasteiger partial charge in [-0.1, -0.05) is 6.92 Å². The molecule has 0 unspecified atom stereocenters. The van der Waals surface area contributed by atoms with E-state index in [1.165, 1.54) is 24.1 Å². The molecule has 0 bridgehead atoms. The third-order valence-corrected chi connectivity index (χ3v) is 2.44. The van der Waals surface area contributed by atoms with Crippen molar-refractivity contribution in [1.29, 1.82) is 0 Å². The molecule has 0 fully saturated rings. The summed E-state index contributed by atoms with van der Waals surface area (Å²) in [7, 11) is 1.31. The van der Waals surface area contributed by atoms with Crippen LogP contribution in [0, 0.1) is 0 Å². The van der Waals surface area contributed by atoms with Crippen LogP contribution >= 0.6 is 0 Å². The van der Waals surface area contributed by atoms with Crippen molar-refractivity contribution in [3.8, 4) is 0 Å². The first-order valence-corrected chi connectivity index (χ1v) is 4.85. The number of ether oxygens (including phenoxy) is 1. The molecule has 2 rings (SSSR count). The van der Waals surface area contributed by atoms with E-state index in [1.807, 2.05) is 6.92 Å². The Morgan fingerprint density at radius 3 is 3.00 bits per heavy atom. The minimum atomic E-state index is -0.457. The van der Waals surface area contributed by atoms with Gasteiger partial charge in [-0.05, 0) is 12.0 Å². The Labute approximate surface area is 90.9 Å². The van der Waals surface area contributed by atoms with Crippen LogP contribution in [-0.2, 0) is 11.2 Å². The number of carbonyl (C=O) groups is 1. The minimum absolute atomic E-state index is 0.262. The van der Waals surface area contributed by atoms with Crippen molar-refractivity contribution < 1.29 is 9.53 Å². The van der Waals surface area contributed by atoms with Crippen LogP contribution in [-0.4, -0.2) is 27.7 Å². The summed E-state index contributed by atoms with van der Waals surface area (Å²) < 4.78 is 6.05. The lowest BCUT2D eigenvalue weighted by Gasteiger charge is -1.98. The fourth-order valence-electron chi connectivity index (χ4n) is 1.72. The van der Waals surface area contributed by atoms with Crippen LogP contribution in [0.5, 0.6) is 0 Å². The van der Waals surface area contributed by atoms with Gasteiger partial charge in [0.1, 0.15) is 11.8 Å². The van der Waals surface area contributed by atoms with E-state index in [-0.39, 0.29) is 5.56 Å². The van der Waals surface area contributed by atoms with Crippen LogP contribution in [0.25, 0.3) is 5.52 Å². The molecule has 6 nitrogen and oxygen atoms in total. The van der Waals surface area contributed by atoms with Crippen molar-refractivity contribution in [2.24, 2.45) is 0 Å². The number of aromatic nitrogens is 3. The number of esters is 1. The van der Waals surface area contributed by atoms with Crippen LogP contribution in [0.4, 0.5) is 0 Å². The number of methoxy groups -OCH3 is 1. The number of aromatic amines is 1. The van der Waals surface area contributed by atoms with Crippen molar-refractivity contribution >= 4 is 11.5 Å². The molecule has 2 aromatic heterocycles. The molecule has 0 amide bonds. The highest BCUT2D eigenvalue weighted by molar-refractivity contribution is 5.93. The summed E-state index contributed by atoms with van der Waals surface area (Å²) in [4.78, 5) is 25.6. The van der Waals surface area contributed by atoms with E-state index in [4.69, 9.17) is 0 Å². The Bertz CT molecular complexity index is 597. The maximum atomic E-state index is 11.6. The molecule has 0 radical (unpaired) electrons. The van der Waals surface area contributed by atoms with Crippen LogP contribution in [0.1, 0.15) is 22.8 Å². The number of fused-ring (bicyclic) bond motifs is 1. The van der Waals surface area contributed by atoms with E-state index in [1.54, 1.807) is 0 Å². The van der Waals surface area contributed by atoms with Gasteiger partial charge in [0, 0.05) is 6.20 Å². The zero-order valence-electron chi connectivity index (χ0n) is 8.98. The average Bonchev–Trinajstić information content (AvgIpc) is 2.68. The first kappa shape index (κ1) is 10.4. The summed E-state index contributed by atoms with van der Waals surface area (Å²) in [5.41, 5.74) is 1.17. The molecule has 2 aromatic rings. The Morgan fingerprint density at radius 2 is 2.38 bits per heavy atom. The number of aryl methyl sites for hydroxylation is 1. The van der Waals surface area contributed by atoms with Gasteiger partial charge in [0.15, 0.2) is 0 Å². The highest BCUT2D eigenvalue weighted by Crippen LogP contribution is 2.16. The fourth-order valence-corrected chi connectivity index (χ4v) is 1.72. The lowest BCUT2D eigenvalue weighted by Crippen LogP contribution is -2.11. The molecule has 0 saturated carbocycles. The molecule has 0 spiro atoms. The van der Waals surface area contributed by atoms with E-state index in [0.29, 0.717) is 23.1 Å². The summed E-state index contributed by atoms with van der Waals surface area (Å²) in [5, 5.41) is 3.94. The molecular formula is C10H11N3O3. The molecule has 6 heteroatoms. The third-order valence-electron chi connectivity index (χ3n) is 2.44. The van der Waals surface area contributed by atoms with Crippen molar-refractivity contribution in [3.63, 3.8) is 0 Å². The monoisotopic (exact) mass is 221 g/mol. The second-order valence-corrected chi connectivity index (χ2v) is 3.28. The number of hydrogen-bond acceptors (Lipinski definition) is 4. The molecule has 0 aromatic carbocycles. The third kappa shape index (κ3) is 1.39.